The molecule has 0 saturated heterocycles. The first-order valence-electron chi connectivity index (χ1n) is 9.51. The third-order valence-corrected chi connectivity index (χ3v) is 9.86. The van der Waals surface area contributed by atoms with Crippen LogP contribution in [0.4, 0.5) is 0 Å². The molecule has 1 aromatic rings. The molecule has 0 saturated carbocycles. The molecule has 1 aromatic carbocycles. The van der Waals surface area contributed by atoms with Gasteiger partial charge in [0.1, 0.15) is 6.10 Å². The van der Waals surface area contributed by atoms with E-state index in [1.807, 2.05) is 25.1 Å². The average Bonchev–Trinajstić information content (AvgIpc) is 2.60. The summed E-state index contributed by atoms with van der Waals surface area (Å²) in [5.41, 5.74) is 0.539. The molecule has 1 rings (SSSR count). The van der Waals surface area contributed by atoms with Crippen molar-refractivity contribution >= 4 is 14.3 Å². The highest BCUT2D eigenvalue weighted by atomic mass is 28.4. The SMILES string of the molecule is COC(CC[C@@H](OC(=O)c1ccccc1)[C@H](C)O[Si](C)(C)C(C)(C)C)OC. The molecule has 0 unspecified atom stereocenters. The van der Waals surface area contributed by atoms with Gasteiger partial charge < -0.3 is 18.6 Å². The standard InChI is InChI=1S/C21H36O5Si/c1-16(26-27(7,8)21(2,3)4)18(14-15-19(23-5)24-6)25-20(22)17-12-10-9-11-13-17/h9-13,16,18-19H,14-15H2,1-8H3/t16-,18+/m0/s1. The van der Waals surface area contributed by atoms with Gasteiger partial charge in [0.2, 0.25) is 0 Å². The van der Waals surface area contributed by atoms with E-state index >= 15 is 0 Å². The number of carbonyl (C=O) groups excluding carboxylic acids is 1. The topological polar surface area (TPSA) is 54.0 Å². The fourth-order valence-corrected chi connectivity index (χ4v) is 3.95. The quantitative estimate of drug-likeness (QED) is 0.316. The summed E-state index contributed by atoms with van der Waals surface area (Å²) in [5.74, 6) is -0.335. The van der Waals surface area contributed by atoms with Crippen molar-refractivity contribution in [2.45, 2.75) is 77.2 Å². The largest absolute Gasteiger partial charge is 0.456 e. The van der Waals surface area contributed by atoms with Crippen molar-refractivity contribution in [1.82, 2.24) is 0 Å². The van der Waals surface area contributed by atoms with Gasteiger partial charge in [-0.25, -0.2) is 4.79 Å². The van der Waals surface area contributed by atoms with Crippen LogP contribution in [0.2, 0.25) is 18.1 Å². The Bertz CT molecular complexity index is 564. The van der Waals surface area contributed by atoms with Gasteiger partial charge in [-0.3, -0.25) is 0 Å². The van der Waals surface area contributed by atoms with Gasteiger partial charge in [-0.15, -0.1) is 0 Å². The fraction of sp³-hybridized carbons (Fsp3) is 0.667. The average molecular weight is 397 g/mol. The van der Waals surface area contributed by atoms with E-state index in [4.69, 9.17) is 18.6 Å². The Hall–Kier alpha value is -1.21. The smallest absolute Gasteiger partial charge is 0.338 e. The summed E-state index contributed by atoms with van der Waals surface area (Å²) in [6, 6.07) is 9.04. The van der Waals surface area contributed by atoms with E-state index in [0.717, 1.165) is 0 Å². The molecule has 0 radical (unpaired) electrons. The van der Waals surface area contributed by atoms with Crippen LogP contribution in [0, 0.1) is 0 Å². The summed E-state index contributed by atoms with van der Waals surface area (Å²) in [4.78, 5) is 12.6. The molecule has 5 nitrogen and oxygen atoms in total. The van der Waals surface area contributed by atoms with Crippen LogP contribution >= 0.6 is 0 Å². The Morgan fingerprint density at radius 1 is 1.04 bits per heavy atom. The number of methoxy groups -OCH3 is 2. The molecule has 0 aliphatic rings. The number of rotatable bonds is 10. The molecule has 154 valence electrons. The van der Waals surface area contributed by atoms with Crippen LogP contribution in [0.25, 0.3) is 0 Å². The summed E-state index contributed by atoms with van der Waals surface area (Å²) < 4.78 is 22.9. The molecule has 2 atom stereocenters. The Morgan fingerprint density at radius 3 is 2.07 bits per heavy atom. The normalized spacial score (nSPS) is 14.9. The maximum absolute atomic E-state index is 12.6. The third-order valence-electron chi connectivity index (χ3n) is 5.29. The van der Waals surface area contributed by atoms with Crippen molar-refractivity contribution < 1.29 is 23.4 Å². The second-order valence-electron chi connectivity index (χ2n) is 8.37. The lowest BCUT2D eigenvalue weighted by molar-refractivity contribution is -0.114. The number of ether oxygens (including phenoxy) is 3. The van der Waals surface area contributed by atoms with Crippen LogP contribution < -0.4 is 0 Å². The number of hydrogen-bond acceptors (Lipinski definition) is 5. The highest BCUT2D eigenvalue weighted by molar-refractivity contribution is 6.74. The van der Waals surface area contributed by atoms with E-state index in [-0.39, 0.29) is 29.5 Å². The predicted octanol–water partition coefficient (Wildman–Crippen LogP) is 5.02. The minimum atomic E-state index is -1.99. The third kappa shape index (κ3) is 7.37. The molecule has 0 heterocycles. The fourth-order valence-electron chi connectivity index (χ4n) is 2.52. The van der Waals surface area contributed by atoms with Gasteiger partial charge in [-0.05, 0) is 43.6 Å². The Kier molecular flexibility index (Phi) is 9.15. The summed E-state index contributed by atoms with van der Waals surface area (Å²) >= 11 is 0. The molecule has 0 N–H and O–H groups in total. The van der Waals surface area contributed by atoms with E-state index in [1.165, 1.54) is 0 Å². The first-order valence-corrected chi connectivity index (χ1v) is 12.4. The molecule has 0 amide bonds. The second kappa shape index (κ2) is 10.4. The molecule has 6 heteroatoms. The van der Waals surface area contributed by atoms with Crippen molar-refractivity contribution in [1.29, 1.82) is 0 Å². The molecule has 0 aliphatic heterocycles. The second-order valence-corrected chi connectivity index (χ2v) is 13.1. The zero-order valence-electron chi connectivity index (χ0n) is 18.1. The first-order chi connectivity index (χ1) is 12.5. The van der Waals surface area contributed by atoms with E-state index in [0.29, 0.717) is 18.4 Å². The molecular weight excluding hydrogens is 360 g/mol. The van der Waals surface area contributed by atoms with Crippen molar-refractivity contribution in [2.75, 3.05) is 14.2 Å². The predicted molar refractivity (Wildman–Crippen MR) is 110 cm³/mol. The Balaban J connectivity index is 2.90. The molecular formula is C21H36O5Si. The van der Waals surface area contributed by atoms with E-state index in [1.54, 1.807) is 26.4 Å². The van der Waals surface area contributed by atoms with Gasteiger partial charge in [0.05, 0.1) is 11.7 Å². The van der Waals surface area contributed by atoms with Crippen molar-refractivity contribution in [2.24, 2.45) is 0 Å². The lowest BCUT2D eigenvalue weighted by Crippen LogP contribution is -2.47. The summed E-state index contributed by atoms with van der Waals surface area (Å²) in [5, 5.41) is 0.0802. The van der Waals surface area contributed by atoms with E-state index in [9.17, 15) is 4.79 Å². The maximum atomic E-state index is 12.6. The van der Waals surface area contributed by atoms with Crippen LogP contribution in [-0.4, -0.2) is 47.0 Å². The van der Waals surface area contributed by atoms with Crippen molar-refractivity contribution in [3.8, 4) is 0 Å². The van der Waals surface area contributed by atoms with Gasteiger partial charge in [0.25, 0.3) is 0 Å². The molecule has 0 spiro atoms. The minimum Gasteiger partial charge on any atom is -0.456 e. The Labute approximate surface area is 165 Å². The van der Waals surface area contributed by atoms with Crippen LogP contribution in [0.5, 0.6) is 0 Å². The van der Waals surface area contributed by atoms with E-state index < -0.39 is 8.32 Å². The van der Waals surface area contributed by atoms with Crippen LogP contribution in [-0.2, 0) is 18.6 Å². The molecule has 0 fully saturated rings. The molecule has 0 bridgehead atoms. The van der Waals surface area contributed by atoms with Gasteiger partial charge >= 0.3 is 5.97 Å². The van der Waals surface area contributed by atoms with Crippen molar-refractivity contribution in [3.05, 3.63) is 35.9 Å². The zero-order valence-corrected chi connectivity index (χ0v) is 19.1. The summed E-state index contributed by atoms with van der Waals surface area (Å²) in [6.07, 6.45) is 0.293. The monoisotopic (exact) mass is 396 g/mol. The minimum absolute atomic E-state index is 0.0802. The van der Waals surface area contributed by atoms with E-state index in [2.05, 4.69) is 33.9 Å². The zero-order chi connectivity index (χ0) is 20.7. The maximum Gasteiger partial charge on any atom is 0.338 e. The number of carbonyl (C=O) groups is 1. The highest BCUT2D eigenvalue weighted by Gasteiger charge is 2.40. The van der Waals surface area contributed by atoms with Crippen molar-refractivity contribution in [3.63, 3.8) is 0 Å². The van der Waals surface area contributed by atoms with Gasteiger partial charge in [0, 0.05) is 20.6 Å². The lowest BCUT2D eigenvalue weighted by Gasteiger charge is -2.40. The highest BCUT2D eigenvalue weighted by Crippen LogP contribution is 2.38. The molecule has 0 aromatic heterocycles. The molecule has 0 aliphatic carbocycles. The molecule has 27 heavy (non-hydrogen) atoms. The van der Waals surface area contributed by atoms with Crippen LogP contribution in [0.15, 0.2) is 30.3 Å². The van der Waals surface area contributed by atoms with Gasteiger partial charge in [-0.1, -0.05) is 39.0 Å². The lowest BCUT2D eigenvalue weighted by atomic mass is 10.1. The summed E-state index contributed by atoms with van der Waals surface area (Å²) in [7, 11) is 1.22. The number of esters is 1. The van der Waals surface area contributed by atoms with Gasteiger partial charge in [-0.2, -0.15) is 0 Å². The first kappa shape index (κ1) is 23.8. The summed E-state index contributed by atoms with van der Waals surface area (Å²) in [6.45, 7) is 13.0. The van der Waals surface area contributed by atoms with Gasteiger partial charge in [0.15, 0.2) is 14.6 Å². The number of benzene rings is 1. The van der Waals surface area contributed by atoms with Crippen LogP contribution in [0.3, 0.4) is 0 Å². The Morgan fingerprint density at radius 2 is 1.59 bits per heavy atom. The number of hydrogen-bond donors (Lipinski definition) is 0. The van der Waals surface area contributed by atoms with Crippen LogP contribution in [0.1, 0.15) is 50.9 Å².